The van der Waals surface area contributed by atoms with Crippen LogP contribution in [0, 0.1) is 0 Å². The first-order chi connectivity index (χ1) is 29.0. The molecule has 2 aliphatic rings. The van der Waals surface area contributed by atoms with Gasteiger partial charge in [-0.3, -0.25) is 0 Å². The average molecular weight is 778 g/mol. The standard InChI is InChI=1S/C57H51NSi/c1-57(2)54-31-19-18-30-52(54)56-53(44-22-10-4-11-23-44)40-47(41-55(56)57)58(45-34-32-43(33-35-45)42-20-8-3-9-21-42)46-36-38-51(39-37-46)59(48-24-12-5-13-25-48,49-26-14-6-15-27-49)50-28-16-7-17-29-50/h4-7,10-19,22-42H,3,8-9,20-21H2,1-2H3. The van der Waals surface area contributed by atoms with E-state index in [-0.39, 0.29) is 5.41 Å². The lowest BCUT2D eigenvalue weighted by atomic mass is 9.81. The van der Waals surface area contributed by atoms with Gasteiger partial charge in [-0.25, -0.2) is 0 Å². The summed E-state index contributed by atoms with van der Waals surface area (Å²) in [5, 5.41) is 5.52. The Morgan fingerprint density at radius 2 is 0.898 bits per heavy atom. The van der Waals surface area contributed by atoms with Crippen LogP contribution in [0.2, 0.25) is 0 Å². The first-order valence-electron chi connectivity index (χ1n) is 21.5. The Balaban J connectivity index is 1.18. The lowest BCUT2D eigenvalue weighted by Gasteiger charge is -2.35. The molecular formula is C57H51NSi. The first kappa shape index (κ1) is 37.1. The van der Waals surface area contributed by atoms with Crippen LogP contribution in [0.15, 0.2) is 206 Å². The largest absolute Gasteiger partial charge is 0.310 e. The highest BCUT2D eigenvalue weighted by Gasteiger charge is 2.42. The van der Waals surface area contributed by atoms with E-state index in [9.17, 15) is 0 Å². The Hall–Kier alpha value is -6.22. The van der Waals surface area contributed by atoms with E-state index in [1.54, 1.807) is 0 Å². The molecule has 0 bridgehead atoms. The maximum absolute atomic E-state index is 2.68. The van der Waals surface area contributed by atoms with Gasteiger partial charge in [-0.15, -0.1) is 0 Å². The number of hydrogen-bond acceptors (Lipinski definition) is 1. The molecule has 0 spiro atoms. The van der Waals surface area contributed by atoms with Crippen molar-refractivity contribution in [1.29, 1.82) is 0 Å². The van der Waals surface area contributed by atoms with Gasteiger partial charge in [0.15, 0.2) is 8.07 Å². The third-order valence-corrected chi connectivity index (χ3v) is 18.2. The Morgan fingerprint density at radius 3 is 1.46 bits per heavy atom. The SMILES string of the molecule is CC1(C)c2ccccc2-c2c(-c3ccccc3)cc(N(c3ccc(C4CCCCC4)cc3)c3ccc([Si](c4ccccc4)(c4ccccc4)c4ccccc4)cc3)cc21. The van der Waals surface area contributed by atoms with E-state index in [0.717, 1.165) is 5.69 Å². The molecule has 2 aliphatic carbocycles. The van der Waals surface area contributed by atoms with E-state index < -0.39 is 8.07 Å². The number of anilines is 3. The smallest absolute Gasteiger partial charge is 0.179 e. The van der Waals surface area contributed by atoms with Gasteiger partial charge >= 0.3 is 0 Å². The van der Waals surface area contributed by atoms with Crippen molar-refractivity contribution >= 4 is 45.9 Å². The number of fused-ring (bicyclic) bond motifs is 3. The summed E-state index contributed by atoms with van der Waals surface area (Å²) in [4.78, 5) is 2.51. The second-order valence-electron chi connectivity index (χ2n) is 17.1. The van der Waals surface area contributed by atoms with E-state index in [1.807, 2.05) is 0 Å². The fraction of sp³-hybridized carbons (Fsp3) is 0.158. The van der Waals surface area contributed by atoms with Gasteiger partial charge in [0.1, 0.15) is 0 Å². The first-order valence-corrected chi connectivity index (χ1v) is 23.5. The summed E-state index contributed by atoms with van der Waals surface area (Å²) in [5.74, 6) is 0.654. The van der Waals surface area contributed by atoms with Crippen LogP contribution in [0.4, 0.5) is 17.1 Å². The second kappa shape index (κ2) is 15.5. The highest BCUT2D eigenvalue weighted by Crippen LogP contribution is 2.54. The molecule has 0 aromatic heterocycles. The normalized spacial score (nSPS) is 14.7. The minimum absolute atomic E-state index is 0.155. The Kier molecular flexibility index (Phi) is 9.75. The van der Waals surface area contributed by atoms with Crippen LogP contribution < -0.4 is 25.6 Å². The summed E-state index contributed by atoms with van der Waals surface area (Å²) in [6.45, 7) is 4.80. The molecule has 2 heteroatoms. The van der Waals surface area contributed by atoms with Crippen LogP contribution in [0.25, 0.3) is 22.3 Å². The molecule has 0 amide bonds. The van der Waals surface area contributed by atoms with Gasteiger partial charge in [0.2, 0.25) is 0 Å². The Morgan fingerprint density at radius 1 is 0.424 bits per heavy atom. The van der Waals surface area contributed by atoms with E-state index in [4.69, 9.17) is 0 Å². The number of nitrogens with zero attached hydrogens (tertiary/aromatic N) is 1. The van der Waals surface area contributed by atoms with E-state index in [1.165, 1.54) is 103 Å². The highest BCUT2D eigenvalue weighted by atomic mass is 28.3. The van der Waals surface area contributed by atoms with Gasteiger partial charge in [0, 0.05) is 22.5 Å². The molecule has 8 aromatic rings. The predicted molar refractivity (Wildman–Crippen MR) is 254 cm³/mol. The van der Waals surface area contributed by atoms with Crippen LogP contribution in [0.1, 0.15) is 68.6 Å². The maximum atomic E-state index is 2.51. The van der Waals surface area contributed by atoms with Gasteiger partial charge < -0.3 is 4.90 Å². The van der Waals surface area contributed by atoms with Crippen molar-refractivity contribution < 1.29 is 0 Å². The fourth-order valence-corrected chi connectivity index (χ4v) is 15.2. The highest BCUT2D eigenvalue weighted by molar-refractivity contribution is 7.19. The molecule has 1 fully saturated rings. The minimum atomic E-state index is -2.68. The Bertz CT molecular complexity index is 2580. The molecule has 0 aliphatic heterocycles. The number of rotatable bonds is 9. The lowest BCUT2D eigenvalue weighted by Crippen LogP contribution is -2.74. The number of benzene rings is 8. The van der Waals surface area contributed by atoms with Crippen molar-refractivity contribution in [3.05, 3.63) is 223 Å². The van der Waals surface area contributed by atoms with Crippen molar-refractivity contribution in [3.8, 4) is 22.3 Å². The zero-order valence-corrected chi connectivity index (χ0v) is 35.2. The molecule has 0 saturated heterocycles. The minimum Gasteiger partial charge on any atom is -0.310 e. The second-order valence-corrected chi connectivity index (χ2v) is 20.9. The van der Waals surface area contributed by atoms with Crippen LogP contribution >= 0.6 is 0 Å². The summed E-state index contributed by atoms with van der Waals surface area (Å²) in [6.07, 6.45) is 6.62. The van der Waals surface area contributed by atoms with Crippen molar-refractivity contribution in [3.63, 3.8) is 0 Å². The summed E-state index contributed by atoms with van der Waals surface area (Å²) in [7, 11) is -2.68. The molecule has 0 unspecified atom stereocenters. The molecule has 0 N–H and O–H groups in total. The van der Waals surface area contributed by atoms with Crippen LogP contribution in [-0.2, 0) is 5.41 Å². The zero-order chi connectivity index (χ0) is 39.8. The fourth-order valence-electron chi connectivity index (χ4n) is 10.5. The van der Waals surface area contributed by atoms with Crippen molar-refractivity contribution in [2.45, 2.75) is 57.3 Å². The monoisotopic (exact) mass is 777 g/mol. The average Bonchev–Trinajstić information content (AvgIpc) is 3.54. The molecule has 1 nitrogen and oxygen atoms in total. The van der Waals surface area contributed by atoms with Crippen LogP contribution in [0.5, 0.6) is 0 Å². The van der Waals surface area contributed by atoms with Crippen LogP contribution in [-0.4, -0.2) is 8.07 Å². The predicted octanol–water partition coefficient (Wildman–Crippen LogP) is 12.6. The van der Waals surface area contributed by atoms with E-state index in [0.29, 0.717) is 5.92 Å². The quantitative estimate of drug-likeness (QED) is 0.104. The van der Waals surface area contributed by atoms with E-state index >= 15 is 0 Å². The molecule has 8 aromatic carbocycles. The van der Waals surface area contributed by atoms with Crippen molar-refractivity contribution in [1.82, 2.24) is 0 Å². The summed E-state index contributed by atoms with van der Waals surface area (Å²) >= 11 is 0. The molecule has 0 heterocycles. The van der Waals surface area contributed by atoms with Gasteiger partial charge in [-0.05, 0) is 115 Å². The molecule has 1 saturated carbocycles. The molecular weight excluding hydrogens is 727 g/mol. The molecule has 10 rings (SSSR count). The summed E-state index contributed by atoms with van der Waals surface area (Å²) < 4.78 is 0. The van der Waals surface area contributed by atoms with Crippen molar-refractivity contribution in [2.75, 3.05) is 4.90 Å². The Labute approximate surface area is 351 Å². The van der Waals surface area contributed by atoms with Gasteiger partial charge in [0.25, 0.3) is 0 Å². The van der Waals surface area contributed by atoms with Gasteiger partial charge in [-0.2, -0.15) is 0 Å². The molecule has 0 radical (unpaired) electrons. The topological polar surface area (TPSA) is 3.24 Å². The molecule has 0 atom stereocenters. The number of hydrogen-bond donors (Lipinski definition) is 0. The lowest BCUT2D eigenvalue weighted by molar-refractivity contribution is 0.443. The third-order valence-electron chi connectivity index (χ3n) is 13.4. The van der Waals surface area contributed by atoms with Gasteiger partial charge in [-0.1, -0.05) is 203 Å². The summed E-state index contributed by atoms with van der Waals surface area (Å²) in [6, 6.07) is 77.9. The third kappa shape index (κ3) is 6.47. The van der Waals surface area contributed by atoms with Gasteiger partial charge in [0.05, 0.1) is 0 Å². The zero-order valence-electron chi connectivity index (χ0n) is 34.2. The van der Waals surface area contributed by atoms with E-state index in [2.05, 4.69) is 225 Å². The summed E-state index contributed by atoms with van der Waals surface area (Å²) in [5.41, 5.74) is 12.8. The maximum Gasteiger partial charge on any atom is 0.179 e. The van der Waals surface area contributed by atoms with Crippen LogP contribution in [0.3, 0.4) is 0 Å². The molecule has 288 valence electrons. The van der Waals surface area contributed by atoms with Crippen molar-refractivity contribution in [2.24, 2.45) is 0 Å². The molecule has 59 heavy (non-hydrogen) atoms.